The Labute approximate surface area is 177 Å². The Morgan fingerprint density at radius 1 is 1.14 bits per heavy atom. The van der Waals surface area contributed by atoms with E-state index >= 15 is 0 Å². The van der Waals surface area contributed by atoms with Gasteiger partial charge in [-0.25, -0.2) is 4.99 Å². The summed E-state index contributed by atoms with van der Waals surface area (Å²) in [7, 11) is 0. The molecule has 1 saturated heterocycles. The minimum Gasteiger partial charge on any atom is -0.459 e. The van der Waals surface area contributed by atoms with Crippen LogP contribution in [-0.2, 0) is 0 Å². The van der Waals surface area contributed by atoms with Crippen molar-refractivity contribution in [2.24, 2.45) is 4.99 Å². The molecule has 0 saturated carbocycles. The number of aliphatic imine (C=N–C) groups is 1. The van der Waals surface area contributed by atoms with Gasteiger partial charge in [-0.2, -0.15) is 0 Å². The average Bonchev–Trinajstić information content (AvgIpc) is 3.36. The van der Waals surface area contributed by atoms with Crippen LogP contribution in [0.5, 0.6) is 0 Å². The number of amidine groups is 1. The highest BCUT2D eigenvalue weighted by Crippen LogP contribution is 2.48. The van der Waals surface area contributed by atoms with Crippen LogP contribution < -0.4 is 0 Å². The number of hydrogen-bond acceptors (Lipinski definition) is 5. The van der Waals surface area contributed by atoms with Crippen LogP contribution in [0.2, 0.25) is 10.0 Å². The fraction of sp³-hybridized carbons (Fsp3) is 0.238. The third-order valence-electron chi connectivity index (χ3n) is 5.00. The van der Waals surface area contributed by atoms with E-state index in [0.29, 0.717) is 15.3 Å². The molecule has 1 aromatic carbocycles. The molecule has 2 aromatic heterocycles. The molecule has 0 unspecified atom stereocenters. The molecule has 3 aromatic rings. The molecule has 4 nitrogen and oxygen atoms in total. The lowest BCUT2D eigenvalue weighted by Gasteiger charge is -2.25. The third kappa shape index (κ3) is 3.11. The van der Waals surface area contributed by atoms with E-state index in [1.165, 1.54) is 0 Å². The smallest absolute Gasteiger partial charge is 0.161 e. The zero-order chi connectivity index (χ0) is 19.3. The Kier molecular flexibility index (Phi) is 4.62. The van der Waals surface area contributed by atoms with Gasteiger partial charge in [0.05, 0.1) is 10.7 Å². The van der Waals surface area contributed by atoms with E-state index in [-0.39, 0.29) is 12.1 Å². The summed E-state index contributed by atoms with van der Waals surface area (Å²) in [5.74, 6) is 1.59. The maximum atomic E-state index is 6.37. The monoisotopic (exact) mass is 429 g/mol. The molecule has 142 valence electrons. The number of rotatable bonds is 3. The van der Waals surface area contributed by atoms with Crippen LogP contribution >= 0.6 is 35.0 Å². The lowest BCUT2D eigenvalue weighted by Crippen LogP contribution is -2.28. The molecule has 0 amide bonds. The van der Waals surface area contributed by atoms with Crippen molar-refractivity contribution in [3.63, 3.8) is 0 Å². The van der Waals surface area contributed by atoms with Crippen molar-refractivity contribution >= 4 is 40.1 Å². The molecule has 7 heteroatoms. The van der Waals surface area contributed by atoms with Crippen LogP contribution in [0.1, 0.15) is 30.5 Å². The van der Waals surface area contributed by atoms with Gasteiger partial charge in [0.25, 0.3) is 0 Å². The van der Waals surface area contributed by atoms with Gasteiger partial charge in [0, 0.05) is 28.6 Å². The molecule has 1 fully saturated rings. The van der Waals surface area contributed by atoms with E-state index in [1.54, 1.807) is 6.07 Å². The number of thioether (sulfide) groups is 1. The predicted molar refractivity (Wildman–Crippen MR) is 115 cm³/mol. The lowest BCUT2D eigenvalue weighted by atomic mass is 10.0. The van der Waals surface area contributed by atoms with E-state index in [1.807, 2.05) is 60.4 Å². The fourth-order valence-corrected chi connectivity index (χ4v) is 5.37. The summed E-state index contributed by atoms with van der Waals surface area (Å²) in [6.45, 7) is 3.16. The summed E-state index contributed by atoms with van der Waals surface area (Å²) in [6, 6.07) is 15.3. The molecule has 0 N–H and O–H groups in total. The van der Waals surface area contributed by atoms with Crippen LogP contribution in [0.3, 0.4) is 0 Å². The summed E-state index contributed by atoms with van der Waals surface area (Å²) in [6.07, 6.45) is 1.81. The second-order valence-corrected chi connectivity index (χ2v) is 9.21. The Bertz CT molecular complexity index is 1050. The van der Waals surface area contributed by atoms with Crippen LogP contribution in [-0.4, -0.2) is 26.8 Å². The highest BCUT2D eigenvalue weighted by molar-refractivity contribution is 8.14. The molecule has 5 rings (SSSR count). The molecule has 0 spiro atoms. The van der Waals surface area contributed by atoms with Crippen molar-refractivity contribution in [2.45, 2.75) is 24.3 Å². The lowest BCUT2D eigenvalue weighted by molar-refractivity contribution is 0.277. The largest absolute Gasteiger partial charge is 0.459 e. The van der Waals surface area contributed by atoms with Gasteiger partial charge in [-0.3, -0.25) is 4.98 Å². The zero-order valence-electron chi connectivity index (χ0n) is 15.0. The number of pyridine rings is 1. The van der Waals surface area contributed by atoms with Crippen molar-refractivity contribution in [3.05, 3.63) is 76.2 Å². The fourth-order valence-electron chi connectivity index (χ4n) is 3.77. The maximum absolute atomic E-state index is 6.37. The van der Waals surface area contributed by atoms with E-state index in [2.05, 4.69) is 16.8 Å². The number of aromatic nitrogens is 1. The molecule has 4 heterocycles. The number of fused-ring (bicyclic) bond motifs is 1. The molecule has 0 bridgehead atoms. The topological polar surface area (TPSA) is 41.6 Å². The molecular weight excluding hydrogens is 413 g/mol. The Hall–Kier alpha value is -1.95. The number of nitrogens with zero attached hydrogens (tertiary/aromatic N) is 3. The van der Waals surface area contributed by atoms with E-state index in [0.717, 1.165) is 34.5 Å². The molecule has 0 radical (unpaired) electrons. The second-order valence-electron chi connectivity index (χ2n) is 6.96. The summed E-state index contributed by atoms with van der Waals surface area (Å²) < 4.78 is 6.29. The van der Waals surface area contributed by atoms with Crippen LogP contribution in [0, 0.1) is 0 Å². The van der Waals surface area contributed by atoms with Crippen molar-refractivity contribution in [1.29, 1.82) is 0 Å². The van der Waals surface area contributed by atoms with Gasteiger partial charge in [0.15, 0.2) is 5.17 Å². The van der Waals surface area contributed by atoms with Crippen molar-refractivity contribution in [1.82, 2.24) is 9.88 Å². The first-order valence-electron chi connectivity index (χ1n) is 9.07. The maximum Gasteiger partial charge on any atom is 0.161 e. The first-order valence-corrected chi connectivity index (χ1v) is 10.7. The van der Waals surface area contributed by atoms with Gasteiger partial charge in [0.2, 0.25) is 0 Å². The minimum atomic E-state index is -0.0871. The molecule has 3 atom stereocenters. The summed E-state index contributed by atoms with van der Waals surface area (Å²) in [4.78, 5) is 11.9. The highest BCUT2D eigenvalue weighted by Gasteiger charge is 2.45. The van der Waals surface area contributed by atoms with E-state index in [9.17, 15) is 0 Å². The van der Waals surface area contributed by atoms with E-state index < -0.39 is 0 Å². The minimum absolute atomic E-state index is 0.0119. The first kappa shape index (κ1) is 18.1. The summed E-state index contributed by atoms with van der Waals surface area (Å²) in [5.41, 5.74) is 1.78. The summed E-state index contributed by atoms with van der Waals surface area (Å²) >= 11 is 14.2. The van der Waals surface area contributed by atoms with E-state index in [4.69, 9.17) is 32.6 Å². The Morgan fingerprint density at radius 2 is 2.04 bits per heavy atom. The van der Waals surface area contributed by atoms with Crippen LogP contribution in [0.25, 0.3) is 11.3 Å². The van der Waals surface area contributed by atoms with Crippen LogP contribution in [0.4, 0.5) is 0 Å². The van der Waals surface area contributed by atoms with Gasteiger partial charge in [0.1, 0.15) is 23.6 Å². The Morgan fingerprint density at radius 3 is 2.82 bits per heavy atom. The number of halogens is 2. The second kappa shape index (κ2) is 7.14. The standard InChI is InChI=1S/C21H17Cl2N3OS/c1-12-11-26-20(19(25-21(26)28-12)16-4-2-3-9-24-16)18-8-7-17(27-18)14-6-5-13(22)10-15(14)23/h2-10,12,19-20H,11H2,1H3/t12-,19-,20-/m0/s1. The zero-order valence-corrected chi connectivity index (χ0v) is 17.4. The summed E-state index contributed by atoms with van der Waals surface area (Å²) in [5, 5.41) is 2.75. The molecule has 0 aliphatic carbocycles. The first-order chi connectivity index (χ1) is 13.6. The number of hydrogen-bond donors (Lipinski definition) is 0. The highest BCUT2D eigenvalue weighted by atomic mass is 35.5. The normalized spacial score (nSPS) is 23.8. The van der Waals surface area contributed by atoms with Gasteiger partial charge < -0.3 is 9.32 Å². The van der Waals surface area contributed by atoms with Gasteiger partial charge in [-0.05, 0) is 42.5 Å². The molecule has 2 aliphatic rings. The van der Waals surface area contributed by atoms with Crippen molar-refractivity contribution in [2.75, 3.05) is 6.54 Å². The predicted octanol–water partition coefficient (Wildman–Crippen LogP) is 6.24. The van der Waals surface area contributed by atoms with Gasteiger partial charge in [-0.15, -0.1) is 0 Å². The van der Waals surface area contributed by atoms with Gasteiger partial charge in [-0.1, -0.05) is 48.0 Å². The molecule has 2 aliphatic heterocycles. The molecular formula is C21H17Cl2N3OS. The number of benzene rings is 1. The quantitative estimate of drug-likeness (QED) is 0.494. The SMILES string of the molecule is C[C@H]1CN2C(=N[C@@H](c3ccccn3)[C@@H]2c2ccc(-c3ccc(Cl)cc3Cl)o2)S1. The molecule has 28 heavy (non-hydrogen) atoms. The van der Waals surface area contributed by atoms with Gasteiger partial charge >= 0.3 is 0 Å². The Balaban J connectivity index is 1.54. The van der Waals surface area contributed by atoms with Crippen LogP contribution in [0.15, 0.2) is 64.1 Å². The van der Waals surface area contributed by atoms with Crippen molar-refractivity contribution in [3.8, 4) is 11.3 Å². The number of furan rings is 1. The van der Waals surface area contributed by atoms with Crippen molar-refractivity contribution < 1.29 is 4.42 Å². The average molecular weight is 430 g/mol. The third-order valence-corrected chi connectivity index (χ3v) is 6.65.